The predicted octanol–water partition coefficient (Wildman–Crippen LogP) is -7.86. The molecular formula is C43H78N16O15. The second kappa shape index (κ2) is 37.5. The van der Waals surface area contributed by atoms with Gasteiger partial charge in [-0.3, -0.25) is 57.7 Å². The number of carbonyl (C=O) groups excluding carboxylic acids is 10. The van der Waals surface area contributed by atoms with Crippen LogP contribution in [-0.4, -0.2) is 180 Å². The molecule has 0 bridgehead atoms. The van der Waals surface area contributed by atoms with Crippen molar-refractivity contribution in [2.45, 2.75) is 140 Å². The molecule has 31 heteroatoms. The molecule has 0 radical (unpaired) electrons. The highest BCUT2D eigenvalue weighted by molar-refractivity contribution is 5.97. The Morgan fingerprint density at radius 3 is 1.34 bits per heavy atom. The molecule has 0 fully saturated rings. The molecule has 0 aromatic rings. The van der Waals surface area contributed by atoms with Crippen LogP contribution in [0.4, 0.5) is 0 Å². The Morgan fingerprint density at radius 2 is 0.905 bits per heavy atom. The second-order valence-electron chi connectivity index (χ2n) is 17.4. The Bertz CT molecular complexity index is 1920. The van der Waals surface area contributed by atoms with Crippen LogP contribution in [-0.2, 0) is 57.5 Å². The molecule has 0 rings (SSSR count). The molecule has 74 heavy (non-hydrogen) atoms. The highest BCUT2D eigenvalue weighted by Crippen LogP contribution is 2.10. The van der Waals surface area contributed by atoms with Gasteiger partial charge in [-0.2, -0.15) is 0 Å². The van der Waals surface area contributed by atoms with E-state index in [2.05, 4.69) is 52.8 Å². The van der Waals surface area contributed by atoms with Crippen molar-refractivity contribution in [1.82, 2.24) is 47.9 Å². The molecule has 0 aromatic heterocycles. The van der Waals surface area contributed by atoms with Gasteiger partial charge in [-0.05, 0) is 83.2 Å². The second-order valence-corrected chi connectivity index (χ2v) is 17.4. The van der Waals surface area contributed by atoms with Crippen molar-refractivity contribution >= 4 is 77.0 Å². The van der Waals surface area contributed by atoms with Crippen molar-refractivity contribution < 1.29 is 72.9 Å². The summed E-state index contributed by atoms with van der Waals surface area (Å²) < 4.78 is 0. The van der Waals surface area contributed by atoms with Gasteiger partial charge >= 0.3 is 11.9 Å². The molecular weight excluding hydrogens is 981 g/mol. The predicted molar refractivity (Wildman–Crippen MR) is 264 cm³/mol. The zero-order valence-corrected chi connectivity index (χ0v) is 41.9. The van der Waals surface area contributed by atoms with Crippen molar-refractivity contribution in [3.8, 4) is 0 Å². The maximum absolute atomic E-state index is 14.0. The van der Waals surface area contributed by atoms with Gasteiger partial charge in [-0.1, -0.05) is 20.3 Å². The number of nitrogens with zero attached hydrogens (tertiary/aromatic N) is 1. The molecule has 24 N–H and O–H groups in total. The average molecular weight is 1060 g/mol. The molecule has 420 valence electrons. The van der Waals surface area contributed by atoms with Gasteiger partial charge in [0.25, 0.3) is 0 Å². The lowest BCUT2D eigenvalue weighted by atomic mass is 10.0. The molecule has 0 heterocycles. The smallest absolute Gasteiger partial charge is 0.326 e. The number of hydrogen-bond donors (Lipinski definition) is 18. The summed E-state index contributed by atoms with van der Waals surface area (Å²) in [5.74, 6) is -12.5. The van der Waals surface area contributed by atoms with E-state index in [4.69, 9.17) is 34.4 Å². The first-order valence-electron chi connectivity index (χ1n) is 24.0. The van der Waals surface area contributed by atoms with E-state index >= 15 is 0 Å². The molecule has 31 nitrogen and oxygen atoms in total. The molecule has 0 aliphatic rings. The average Bonchev–Trinajstić information content (AvgIpc) is 3.33. The number of primary amides is 1. The van der Waals surface area contributed by atoms with Crippen LogP contribution in [0.1, 0.15) is 97.3 Å². The Labute approximate surface area is 427 Å². The molecule has 0 aliphatic heterocycles. The van der Waals surface area contributed by atoms with Gasteiger partial charge in [-0.25, -0.2) is 4.79 Å². The third-order valence-corrected chi connectivity index (χ3v) is 10.5. The summed E-state index contributed by atoms with van der Waals surface area (Å²) in [5, 5.41) is 50.1. The summed E-state index contributed by atoms with van der Waals surface area (Å²) in [7, 11) is 0. The largest absolute Gasteiger partial charge is 0.481 e. The SMILES string of the molecule is CC(C)C[C@H](NC(=O)[C@H](CCC(N)=O)NC(=O)[C@H](CCCN=C(N)N)NC(=O)[C@H](CCC(=O)O)NC(=O)[C@H](CCCCN)NC(=O)[C@H](CO)NC(=O)CNC(=O)CNC(=O)CNC(=O)[C@@H](N)CCCCN)C(=O)O. The standard InChI is InChI=1S/C43H78N16O15/c1-23(2)18-29(42(73)74)59-40(71)27(11-13-31(47)61)57-38(69)26(10-7-17-50-43(48)49)55-39(70)28(12-14-35(65)66)58-37(68)25(9-4-6-16-45)56-41(72)30(22-60)54-34(64)21-52-32(62)19-51-33(63)20-53-36(67)24(46)8-3-5-15-44/h23-30,60H,3-22,44-46H2,1-2H3,(H2,47,61)(H,51,63)(H,52,62)(H,53,67)(H,54,64)(H,55,70)(H,56,72)(H,57,69)(H,58,68)(H,59,71)(H,65,66)(H,73,74)(H4,48,49,50)/t24-,25-,26-,27-,28-,29-,30-/m0/s1. The van der Waals surface area contributed by atoms with E-state index < -0.39 is 159 Å². The Kier molecular flexibility index (Phi) is 33.8. The van der Waals surface area contributed by atoms with E-state index in [1.165, 1.54) is 0 Å². The van der Waals surface area contributed by atoms with Gasteiger partial charge in [0.05, 0.1) is 32.3 Å². The van der Waals surface area contributed by atoms with E-state index in [1.807, 2.05) is 0 Å². The third kappa shape index (κ3) is 30.6. The first-order valence-corrected chi connectivity index (χ1v) is 24.0. The number of rotatable bonds is 40. The minimum absolute atomic E-state index is 0.00627. The van der Waals surface area contributed by atoms with Crippen LogP contribution >= 0.6 is 0 Å². The summed E-state index contributed by atoms with van der Waals surface area (Å²) in [6.07, 6.45) is -0.255. The number of aliphatic imine (C=N–C) groups is 1. The lowest BCUT2D eigenvalue weighted by Crippen LogP contribution is -2.60. The zero-order valence-electron chi connectivity index (χ0n) is 41.9. The topological polar surface area (TPSA) is 542 Å². The monoisotopic (exact) mass is 1060 g/mol. The summed E-state index contributed by atoms with van der Waals surface area (Å²) in [4.78, 5) is 157. The summed E-state index contributed by atoms with van der Waals surface area (Å²) in [6.45, 7) is 1.10. The quantitative estimate of drug-likeness (QED) is 0.0154. The Balaban J connectivity index is 6.20. The van der Waals surface area contributed by atoms with E-state index in [-0.39, 0.29) is 63.5 Å². The van der Waals surface area contributed by atoms with Gasteiger partial charge < -0.3 is 97.6 Å². The number of hydrogen-bond acceptors (Lipinski definition) is 17. The van der Waals surface area contributed by atoms with E-state index in [0.29, 0.717) is 32.2 Å². The Hall–Kier alpha value is -7.25. The highest BCUT2D eigenvalue weighted by atomic mass is 16.4. The first-order chi connectivity index (χ1) is 34.8. The van der Waals surface area contributed by atoms with Crippen LogP contribution in [0, 0.1) is 5.92 Å². The number of carboxylic acid groups (broad SMARTS) is 2. The number of amides is 10. The van der Waals surface area contributed by atoms with Crippen LogP contribution < -0.4 is 82.3 Å². The van der Waals surface area contributed by atoms with Crippen molar-refractivity contribution in [3.63, 3.8) is 0 Å². The molecule has 10 amide bonds. The van der Waals surface area contributed by atoms with Gasteiger partial charge in [0.15, 0.2) is 5.96 Å². The number of aliphatic hydroxyl groups is 1. The molecule has 0 spiro atoms. The molecule has 7 atom stereocenters. The lowest BCUT2D eigenvalue weighted by Gasteiger charge is -2.27. The summed E-state index contributed by atoms with van der Waals surface area (Å²) in [6, 6.07) is -10.3. The van der Waals surface area contributed by atoms with Crippen LogP contribution in [0.25, 0.3) is 0 Å². The number of guanidine groups is 1. The Morgan fingerprint density at radius 1 is 0.486 bits per heavy atom. The highest BCUT2D eigenvalue weighted by Gasteiger charge is 2.34. The molecule has 0 saturated carbocycles. The van der Waals surface area contributed by atoms with Crippen LogP contribution in [0.5, 0.6) is 0 Å². The van der Waals surface area contributed by atoms with Crippen molar-refractivity contribution in [3.05, 3.63) is 0 Å². The van der Waals surface area contributed by atoms with E-state index in [9.17, 15) is 72.9 Å². The van der Waals surface area contributed by atoms with Crippen molar-refractivity contribution in [2.75, 3.05) is 45.9 Å². The molecule has 0 saturated heterocycles. The maximum Gasteiger partial charge on any atom is 0.326 e. The van der Waals surface area contributed by atoms with Gasteiger partial charge in [0.2, 0.25) is 59.1 Å². The number of aliphatic hydroxyl groups excluding tert-OH is 1. The van der Waals surface area contributed by atoms with E-state index in [1.54, 1.807) is 13.8 Å². The normalized spacial score (nSPS) is 13.7. The minimum atomic E-state index is -1.71. The number of nitrogens with one attached hydrogen (secondary N) is 9. The number of unbranched alkanes of at least 4 members (excludes halogenated alkanes) is 2. The van der Waals surface area contributed by atoms with Crippen LogP contribution in [0.2, 0.25) is 0 Å². The molecule has 0 unspecified atom stereocenters. The number of carbonyl (C=O) groups is 12. The van der Waals surface area contributed by atoms with Gasteiger partial charge in [0, 0.05) is 19.4 Å². The number of carboxylic acids is 2. The fraction of sp³-hybridized carbons (Fsp3) is 0.698. The minimum Gasteiger partial charge on any atom is -0.481 e. The fourth-order valence-corrected chi connectivity index (χ4v) is 6.54. The van der Waals surface area contributed by atoms with Gasteiger partial charge in [-0.15, -0.1) is 0 Å². The summed E-state index contributed by atoms with van der Waals surface area (Å²) >= 11 is 0. The van der Waals surface area contributed by atoms with Gasteiger partial charge in [0.1, 0.15) is 36.3 Å². The molecule has 0 aromatic carbocycles. The zero-order chi connectivity index (χ0) is 56.3. The van der Waals surface area contributed by atoms with Crippen LogP contribution in [0.3, 0.4) is 0 Å². The number of aliphatic carboxylic acids is 2. The maximum atomic E-state index is 14.0. The molecule has 0 aliphatic carbocycles. The van der Waals surface area contributed by atoms with Crippen molar-refractivity contribution in [2.24, 2.45) is 45.3 Å². The fourth-order valence-electron chi connectivity index (χ4n) is 6.54. The number of nitrogens with two attached hydrogens (primary N) is 6. The van der Waals surface area contributed by atoms with Crippen LogP contribution in [0.15, 0.2) is 4.99 Å². The third-order valence-electron chi connectivity index (χ3n) is 10.5. The van der Waals surface area contributed by atoms with E-state index in [0.717, 1.165) is 0 Å². The first kappa shape index (κ1) is 66.8. The van der Waals surface area contributed by atoms with Crippen molar-refractivity contribution in [1.29, 1.82) is 0 Å². The lowest BCUT2D eigenvalue weighted by molar-refractivity contribution is -0.143. The summed E-state index contributed by atoms with van der Waals surface area (Å²) in [5.41, 5.74) is 32.9.